The molecule has 1 aromatic carbocycles. The zero-order valence-corrected chi connectivity index (χ0v) is 12.4. The molecule has 2 aliphatic heterocycles. The van der Waals surface area contributed by atoms with Crippen molar-refractivity contribution in [3.8, 4) is 0 Å². The summed E-state index contributed by atoms with van der Waals surface area (Å²) in [7, 11) is 0. The molecule has 2 atom stereocenters. The van der Waals surface area contributed by atoms with Gasteiger partial charge in [0.15, 0.2) is 0 Å². The van der Waals surface area contributed by atoms with Crippen LogP contribution in [0, 0.1) is 5.92 Å². The number of nitrogens with zero attached hydrogens (tertiary/aromatic N) is 1. The Labute approximate surface area is 122 Å². The summed E-state index contributed by atoms with van der Waals surface area (Å²) in [5.74, 6) is 0.963. The van der Waals surface area contributed by atoms with Gasteiger partial charge in [-0.3, -0.25) is 0 Å². The third kappa shape index (κ3) is 2.14. The van der Waals surface area contributed by atoms with Crippen molar-refractivity contribution in [3.63, 3.8) is 0 Å². The molecule has 2 heteroatoms. The van der Waals surface area contributed by atoms with Crippen LogP contribution in [0.15, 0.2) is 18.2 Å². The van der Waals surface area contributed by atoms with Crippen LogP contribution in [0.25, 0.3) is 0 Å². The Hall–Kier alpha value is -1.02. The number of rotatable bonds is 1. The zero-order valence-electron chi connectivity index (χ0n) is 12.4. The molecule has 4 rings (SSSR count). The molecule has 1 aromatic rings. The highest BCUT2D eigenvalue weighted by Crippen LogP contribution is 2.39. The van der Waals surface area contributed by atoms with Gasteiger partial charge in [-0.1, -0.05) is 25.0 Å². The molecule has 2 fully saturated rings. The van der Waals surface area contributed by atoms with E-state index in [0.29, 0.717) is 0 Å². The molecular weight excluding hydrogens is 244 g/mol. The van der Waals surface area contributed by atoms with Crippen LogP contribution in [0.1, 0.15) is 49.7 Å². The van der Waals surface area contributed by atoms with Crippen molar-refractivity contribution in [1.29, 1.82) is 0 Å². The number of hydrogen-bond acceptors (Lipinski definition) is 2. The Bertz CT molecular complexity index is 480. The van der Waals surface area contributed by atoms with Gasteiger partial charge in [-0.15, -0.1) is 0 Å². The summed E-state index contributed by atoms with van der Waals surface area (Å²) in [4.78, 5) is 2.78. The standard InChI is InChI=1S/C18H26N2/c1-2-8-17-15(5-1)7-4-12-20(17)18-9-3-6-14-10-11-19-13-16(14)18/h3,6,9,15,17,19H,1-2,4-5,7-8,10-13H2. The maximum Gasteiger partial charge on any atom is 0.0417 e. The molecule has 2 unspecified atom stereocenters. The van der Waals surface area contributed by atoms with Gasteiger partial charge in [-0.25, -0.2) is 0 Å². The first kappa shape index (κ1) is 12.7. The first-order chi connectivity index (χ1) is 9.93. The minimum Gasteiger partial charge on any atom is -0.368 e. The number of hydrogen-bond donors (Lipinski definition) is 1. The lowest BCUT2D eigenvalue weighted by atomic mass is 9.78. The topological polar surface area (TPSA) is 15.3 Å². The summed E-state index contributed by atoms with van der Waals surface area (Å²) in [6.45, 7) is 3.49. The van der Waals surface area contributed by atoms with Crippen molar-refractivity contribution < 1.29 is 0 Å². The lowest BCUT2D eigenvalue weighted by molar-refractivity contribution is 0.243. The molecule has 108 valence electrons. The van der Waals surface area contributed by atoms with Crippen LogP contribution < -0.4 is 10.2 Å². The quantitative estimate of drug-likeness (QED) is 0.840. The number of anilines is 1. The average molecular weight is 270 g/mol. The smallest absolute Gasteiger partial charge is 0.0417 e. The zero-order chi connectivity index (χ0) is 13.4. The number of piperidine rings is 1. The maximum atomic E-state index is 3.57. The molecular formula is C18H26N2. The van der Waals surface area contributed by atoms with Crippen molar-refractivity contribution >= 4 is 5.69 Å². The Balaban J connectivity index is 1.69. The van der Waals surface area contributed by atoms with E-state index in [-0.39, 0.29) is 0 Å². The Morgan fingerprint density at radius 3 is 2.95 bits per heavy atom. The molecule has 0 radical (unpaired) electrons. The van der Waals surface area contributed by atoms with Crippen LogP contribution in [0.2, 0.25) is 0 Å². The van der Waals surface area contributed by atoms with Crippen LogP contribution in [0.4, 0.5) is 5.69 Å². The average Bonchev–Trinajstić information content (AvgIpc) is 2.54. The molecule has 20 heavy (non-hydrogen) atoms. The van der Waals surface area contributed by atoms with Crippen LogP contribution in [-0.2, 0) is 13.0 Å². The number of fused-ring (bicyclic) bond motifs is 2. The van der Waals surface area contributed by atoms with Crippen LogP contribution in [-0.4, -0.2) is 19.1 Å². The molecule has 3 aliphatic rings. The van der Waals surface area contributed by atoms with Gasteiger partial charge in [0.2, 0.25) is 0 Å². The normalized spacial score (nSPS) is 29.7. The molecule has 1 saturated carbocycles. The van der Waals surface area contributed by atoms with E-state index in [4.69, 9.17) is 0 Å². The molecule has 0 spiro atoms. The van der Waals surface area contributed by atoms with E-state index in [2.05, 4.69) is 28.4 Å². The highest BCUT2D eigenvalue weighted by molar-refractivity contribution is 5.58. The Kier molecular flexibility index (Phi) is 3.43. The highest BCUT2D eigenvalue weighted by Gasteiger charge is 2.34. The monoisotopic (exact) mass is 270 g/mol. The third-order valence-electron chi connectivity index (χ3n) is 5.67. The molecule has 0 amide bonds. The molecule has 2 nitrogen and oxygen atoms in total. The van der Waals surface area contributed by atoms with E-state index in [9.17, 15) is 0 Å². The summed E-state index contributed by atoms with van der Waals surface area (Å²) < 4.78 is 0. The fourth-order valence-electron chi connectivity index (χ4n) is 4.69. The van der Waals surface area contributed by atoms with Gasteiger partial charge in [0.25, 0.3) is 0 Å². The lowest BCUT2D eigenvalue weighted by Crippen LogP contribution is -2.47. The van der Waals surface area contributed by atoms with Gasteiger partial charge in [0.05, 0.1) is 0 Å². The summed E-state index contributed by atoms with van der Waals surface area (Å²) in [5, 5.41) is 3.57. The summed E-state index contributed by atoms with van der Waals surface area (Å²) in [6.07, 6.45) is 9.84. The van der Waals surface area contributed by atoms with E-state index in [1.807, 2.05) is 0 Å². The second kappa shape index (κ2) is 5.40. The van der Waals surface area contributed by atoms with Crippen molar-refractivity contribution in [2.45, 2.75) is 57.5 Å². The van der Waals surface area contributed by atoms with Crippen LogP contribution in [0.5, 0.6) is 0 Å². The summed E-state index contributed by atoms with van der Waals surface area (Å²) in [5.41, 5.74) is 4.72. The second-order valence-corrected chi connectivity index (χ2v) is 6.79. The fraction of sp³-hybridized carbons (Fsp3) is 0.667. The number of nitrogens with one attached hydrogen (secondary N) is 1. The van der Waals surface area contributed by atoms with Crippen molar-refractivity contribution in [3.05, 3.63) is 29.3 Å². The Morgan fingerprint density at radius 1 is 1.05 bits per heavy atom. The Morgan fingerprint density at radius 2 is 1.95 bits per heavy atom. The van der Waals surface area contributed by atoms with Gasteiger partial charge in [0, 0.05) is 24.8 Å². The second-order valence-electron chi connectivity index (χ2n) is 6.79. The number of benzene rings is 1. The largest absolute Gasteiger partial charge is 0.368 e. The van der Waals surface area contributed by atoms with E-state index < -0.39 is 0 Å². The van der Waals surface area contributed by atoms with Gasteiger partial charge >= 0.3 is 0 Å². The predicted octanol–water partition coefficient (Wildman–Crippen LogP) is 3.49. The summed E-state index contributed by atoms with van der Waals surface area (Å²) in [6, 6.07) is 7.82. The fourth-order valence-corrected chi connectivity index (χ4v) is 4.69. The molecule has 1 saturated heterocycles. The van der Waals surface area contributed by atoms with E-state index >= 15 is 0 Å². The SMILES string of the molecule is c1cc2c(c(N3CCCC4CCCCC43)c1)CNCC2. The van der Waals surface area contributed by atoms with Gasteiger partial charge in [-0.2, -0.15) is 0 Å². The molecule has 2 heterocycles. The van der Waals surface area contributed by atoms with Crippen molar-refractivity contribution in [2.75, 3.05) is 18.0 Å². The summed E-state index contributed by atoms with van der Waals surface area (Å²) >= 11 is 0. The van der Waals surface area contributed by atoms with Gasteiger partial charge in [0.1, 0.15) is 0 Å². The minimum absolute atomic E-state index is 0.825. The van der Waals surface area contributed by atoms with Gasteiger partial charge < -0.3 is 10.2 Å². The van der Waals surface area contributed by atoms with Crippen molar-refractivity contribution in [2.24, 2.45) is 5.92 Å². The third-order valence-corrected chi connectivity index (χ3v) is 5.67. The molecule has 0 aromatic heterocycles. The predicted molar refractivity (Wildman–Crippen MR) is 84.2 cm³/mol. The maximum absolute atomic E-state index is 3.57. The highest BCUT2D eigenvalue weighted by atomic mass is 15.2. The molecule has 1 aliphatic carbocycles. The van der Waals surface area contributed by atoms with Crippen LogP contribution in [0.3, 0.4) is 0 Å². The van der Waals surface area contributed by atoms with E-state index in [1.54, 1.807) is 16.8 Å². The lowest BCUT2D eigenvalue weighted by Gasteiger charge is -2.46. The molecule has 0 bridgehead atoms. The minimum atomic E-state index is 0.825. The van der Waals surface area contributed by atoms with E-state index in [0.717, 1.165) is 25.0 Å². The van der Waals surface area contributed by atoms with Gasteiger partial charge in [-0.05, 0) is 61.8 Å². The van der Waals surface area contributed by atoms with Crippen LogP contribution >= 0.6 is 0 Å². The first-order valence-corrected chi connectivity index (χ1v) is 8.51. The van der Waals surface area contributed by atoms with Crippen molar-refractivity contribution in [1.82, 2.24) is 5.32 Å². The van der Waals surface area contributed by atoms with E-state index in [1.165, 1.54) is 51.5 Å². The molecule has 1 N–H and O–H groups in total. The first-order valence-electron chi connectivity index (χ1n) is 8.51.